The fourth-order valence-corrected chi connectivity index (χ4v) is 2.23. The second-order valence-electron chi connectivity index (χ2n) is 4.23. The van der Waals surface area contributed by atoms with Gasteiger partial charge < -0.3 is 10.1 Å². The van der Waals surface area contributed by atoms with Crippen molar-refractivity contribution in [3.8, 4) is 0 Å². The molecule has 1 aromatic carbocycles. The first-order valence-electron chi connectivity index (χ1n) is 5.56. The number of nitrogens with one attached hydrogen (secondary N) is 1. The molecule has 0 aliphatic rings. The Labute approximate surface area is 104 Å². The maximum atomic E-state index is 10.5. The van der Waals surface area contributed by atoms with Gasteiger partial charge in [-0.1, -0.05) is 11.6 Å². The molecule has 90 valence electrons. The van der Waals surface area contributed by atoms with Crippen LogP contribution in [0.3, 0.4) is 0 Å². The summed E-state index contributed by atoms with van der Waals surface area (Å²) in [6.45, 7) is 2.00. The lowest BCUT2D eigenvalue weighted by atomic mass is 10.1. The fraction of sp³-hybridized carbons (Fsp3) is 0.308. The SMILES string of the molecule is Cc1cc2cc(Cl)c(CCCC(=O)O)cc2[nH]1. The normalized spacial score (nSPS) is 10.9. The quantitative estimate of drug-likeness (QED) is 0.873. The monoisotopic (exact) mass is 251 g/mol. The molecule has 3 nitrogen and oxygen atoms in total. The Morgan fingerprint density at radius 2 is 2.18 bits per heavy atom. The third-order valence-corrected chi connectivity index (χ3v) is 3.11. The van der Waals surface area contributed by atoms with E-state index in [9.17, 15) is 4.79 Å². The van der Waals surface area contributed by atoms with Crippen LogP contribution >= 0.6 is 11.6 Å². The molecule has 2 N–H and O–H groups in total. The predicted molar refractivity (Wildman–Crippen MR) is 68.6 cm³/mol. The van der Waals surface area contributed by atoms with E-state index in [0.717, 1.165) is 22.2 Å². The molecule has 0 amide bonds. The molecule has 4 heteroatoms. The number of aromatic amines is 1. The largest absolute Gasteiger partial charge is 0.481 e. The lowest BCUT2D eigenvalue weighted by Crippen LogP contribution is -1.96. The molecule has 0 radical (unpaired) electrons. The Morgan fingerprint density at radius 1 is 1.41 bits per heavy atom. The number of aliphatic carboxylic acids is 1. The number of aryl methyl sites for hydroxylation is 2. The number of H-pyrrole nitrogens is 1. The summed E-state index contributed by atoms with van der Waals surface area (Å²) >= 11 is 6.17. The lowest BCUT2D eigenvalue weighted by molar-refractivity contribution is -0.137. The minimum atomic E-state index is -0.766. The average Bonchev–Trinajstić information content (AvgIpc) is 2.57. The molecule has 0 atom stereocenters. The van der Waals surface area contributed by atoms with Gasteiger partial charge in [-0.15, -0.1) is 0 Å². The van der Waals surface area contributed by atoms with Crippen LogP contribution in [-0.2, 0) is 11.2 Å². The van der Waals surface area contributed by atoms with Crippen molar-refractivity contribution in [1.82, 2.24) is 4.98 Å². The number of aromatic nitrogens is 1. The molecule has 0 aliphatic heterocycles. The lowest BCUT2D eigenvalue weighted by Gasteiger charge is -2.03. The van der Waals surface area contributed by atoms with Gasteiger partial charge in [-0.2, -0.15) is 0 Å². The van der Waals surface area contributed by atoms with Crippen molar-refractivity contribution in [2.45, 2.75) is 26.2 Å². The Hall–Kier alpha value is -1.48. The summed E-state index contributed by atoms with van der Waals surface area (Å²) in [4.78, 5) is 13.7. The fourth-order valence-electron chi connectivity index (χ4n) is 1.96. The van der Waals surface area contributed by atoms with Crippen molar-refractivity contribution in [2.24, 2.45) is 0 Å². The number of fused-ring (bicyclic) bond motifs is 1. The van der Waals surface area contributed by atoms with E-state index in [2.05, 4.69) is 4.98 Å². The predicted octanol–water partition coefficient (Wildman–Crippen LogP) is 3.54. The Morgan fingerprint density at radius 3 is 2.88 bits per heavy atom. The van der Waals surface area contributed by atoms with Crippen LogP contribution in [0.15, 0.2) is 18.2 Å². The highest BCUT2D eigenvalue weighted by Crippen LogP contribution is 2.25. The van der Waals surface area contributed by atoms with Crippen LogP contribution in [0.4, 0.5) is 0 Å². The molecule has 0 bridgehead atoms. The molecule has 2 rings (SSSR count). The molecule has 2 aromatic rings. The zero-order valence-electron chi connectivity index (χ0n) is 9.59. The Kier molecular flexibility index (Phi) is 3.38. The van der Waals surface area contributed by atoms with E-state index in [1.807, 2.05) is 25.1 Å². The maximum Gasteiger partial charge on any atom is 0.303 e. The van der Waals surface area contributed by atoms with Gasteiger partial charge in [0.2, 0.25) is 0 Å². The van der Waals surface area contributed by atoms with Crippen molar-refractivity contribution in [3.63, 3.8) is 0 Å². The van der Waals surface area contributed by atoms with Crippen LogP contribution in [0, 0.1) is 6.92 Å². The van der Waals surface area contributed by atoms with Crippen molar-refractivity contribution in [2.75, 3.05) is 0 Å². The van der Waals surface area contributed by atoms with Crippen molar-refractivity contribution in [3.05, 3.63) is 34.5 Å². The number of carboxylic acids is 1. The van der Waals surface area contributed by atoms with E-state index in [4.69, 9.17) is 16.7 Å². The molecule has 1 aromatic heterocycles. The van der Waals surface area contributed by atoms with Crippen molar-refractivity contribution >= 4 is 28.5 Å². The van der Waals surface area contributed by atoms with Crippen LogP contribution in [0.25, 0.3) is 10.9 Å². The highest BCUT2D eigenvalue weighted by atomic mass is 35.5. The van der Waals surface area contributed by atoms with Gasteiger partial charge in [0.25, 0.3) is 0 Å². The standard InChI is InChI=1S/C13H14ClNO2/c1-8-5-10-6-11(14)9(7-12(10)15-8)3-2-4-13(16)17/h5-7,15H,2-4H2,1H3,(H,16,17). The highest BCUT2D eigenvalue weighted by Gasteiger charge is 2.06. The van der Waals surface area contributed by atoms with Crippen LogP contribution in [0.1, 0.15) is 24.1 Å². The van der Waals surface area contributed by atoms with E-state index in [-0.39, 0.29) is 6.42 Å². The summed E-state index contributed by atoms with van der Waals surface area (Å²) in [5.41, 5.74) is 3.15. The van der Waals surface area contributed by atoms with Crippen molar-refractivity contribution in [1.29, 1.82) is 0 Å². The first-order valence-corrected chi connectivity index (χ1v) is 5.93. The number of carbonyl (C=O) groups is 1. The minimum absolute atomic E-state index is 0.179. The molecule has 0 aliphatic carbocycles. The van der Waals surface area contributed by atoms with Gasteiger partial charge in [0.1, 0.15) is 0 Å². The van der Waals surface area contributed by atoms with Crippen LogP contribution in [-0.4, -0.2) is 16.1 Å². The zero-order valence-corrected chi connectivity index (χ0v) is 10.3. The maximum absolute atomic E-state index is 10.5. The van der Waals surface area contributed by atoms with E-state index < -0.39 is 5.97 Å². The summed E-state index contributed by atoms with van der Waals surface area (Å²) in [6, 6.07) is 5.98. The van der Waals surface area contributed by atoms with Crippen molar-refractivity contribution < 1.29 is 9.90 Å². The second kappa shape index (κ2) is 4.80. The zero-order chi connectivity index (χ0) is 12.4. The summed E-state index contributed by atoms with van der Waals surface area (Å²) in [7, 11) is 0. The van der Waals surface area contributed by atoms with E-state index in [0.29, 0.717) is 17.9 Å². The van der Waals surface area contributed by atoms with E-state index in [1.54, 1.807) is 0 Å². The van der Waals surface area contributed by atoms with Crippen LogP contribution in [0.5, 0.6) is 0 Å². The van der Waals surface area contributed by atoms with Crippen LogP contribution < -0.4 is 0 Å². The molecular formula is C13H14ClNO2. The molecule has 0 saturated carbocycles. The molecule has 0 spiro atoms. The third-order valence-electron chi connectivity index (χ3n) is 2.76. The summed E-state index contributed by atoms with van der Waals surface area (Å²) in [5.74, 6) is -0.766. The number of hydrogen-bond donors (Lipinski definition) is 2. The summed E-state index contributed by atoms with van der Waals surface area (Å²) < 4.78 is 0. The Bertz CT molecular complexity index is 560. The second-order valence-corrected chi connectivity index (χ2v) is 4.64. The molecule has 17 heavy (non-hydrogen) atoms. The smallest absolute Gasteiger partial charge is 0.303 e. The van der Waals surface area contributed by atoms with Gasteiger partial charge in [0.15, 0.2) is 0 Å². The van der Waals surface area contributed by atoms with Gasteiger partial charge in [-0.3, -0.25) is 4.79 Å². The topological polar surface area (TPSA) is 53.1 Å². The van der Waals surface area contributed by atoms with Gasteiger partial charge in [-0.25, -0.2) is 0 Å². The Balaban J connectivity index is 2.21. The molecule has 0 unspecified atom stereocenters. The van der Waals surface area contributed by atoms with Gasteiger partial charge >= 0.3 is 5.97 Å². The van der Waals surface area contributed by atoms with E-state index in [1.165, 1.54) is 0 Å². The first kappa shape index (κ1) is 12.0. The molecule has 0 saturated heterocycles. The number of hydrogen-bond acceptors (Lipinski definition) is 1. The summed E-state index contributed by atoms with van der Waals surface area (Å²) in [5, 5.41) is 10.4. The van der Waals surface area contributed by atoms with Gasteiger partial charge in [0.05, 0.1) is 0 Å². The number of halogens is 1. The molecule has 0 fully saturated rings. The van der Waals surface area contributed by atoms with Gasteiger partial charge in [0, 0.05) is 28.0 Å². The van der Waals surface area contributed by atoms with E-state index >= 15 is 0 Å². The third kappa shape index (κ3) is 2.80. The molecule has 1 heterocycles. The average molecular weight is 252 g/mol. The van der Waals surface area contributed by atoms with Crippen LogP contribution in [0.2, 0.25) is 5.02 Å². The molecular weight excluding hydrogens is 238 g/mol. The minimum Gasteiger partial charge on any atom is -0.481 e. The number of carboxylic acid groups (broad SMARTS) is 1. The number of benzene rings is 1. The highest BCUT2D eigenvalue weighted by molar-refractivity contribution is 6.32. The first-order chi connectivity index (χ1) is 8.06. The van der Waals surface area contributed by atoms with Gasteiger partial charge in [-0.05, 0) is 43.5 Å². The number of rotatable bonds is 4. The summed E-state index contributed by atoms with van der Waals surface area (Å²) in [6.07, 6.45) is 1.48.